The van der Waals surface area contributed by atoms with Gasteiger partial charge in [0.15, 0.2) is 11.5 Å². The van der Waals surface area contributed by atoms with E-state index in [2.05, 4.69) is 35.7 Å². The van der Waals surface area contributed by atoms with Gasteiger partial charge >= 0.3 is 0 Å². The number of benzene rings is 1. The van der Waals surface area contributed by atoms with Crippen LogP contribution in [0, 0.1) is 5.82 Å². The number of aromatic nitrogens is 2. The molecule has 3 N–H and O–H groups in total. The third kappa shape index (κ3) is 5.04. The van der Waals surface area contributed by atoms with E-state index in [1.165, 1.54) is 18.2 Å². The van der Waals surface area contributed by atoms with Gasteiger partial charge in [0.1, 0.15) is 24.7 Å². The summed E-state index contributed by atoms with van der Waals surface area (Å²) >= 11 is 5.75. The van der Waals surface area contributed by atoms with Crippen molar-refractivity contribution in [2.75, 3.05) is 19.7 Å². The number of nitrogens with zero attached hydrogens (tertiary/aromatic N) is 4. The Balaban J connectivity index is 1.55. The van der Waals surface area contributed by atoms with E-state index >= 15 is 0 Å². The zero-order valence-electron chi connectivity index (χ0n) is 14.7. The SMILES string of the molecule is O=C1CN=C(C(=O)NCCOc2nonc2C(Cc2ccc(F)c(Cl)c2)=NO)N1. The van der Waals surface area contributed by atoms with E-state index in [9.17, 15) is 19.2 Å². The van der Waals surface area contributed by atoms with Crippen molar-refractivity contribution >= 4 is 35.0 Å². The molecule has 1 aromatic carbocycles. The first-order valence-corrected chi connectivity index (χ1v) is 8.59. The summed E-state index contributed by atoms with van der Waals surface area (Å²) in [7, 11) is 0. The molecule has 0 aliphatic carbocycles. The van der Waals surface area contributed by atoms with Gasteiger partial charge in [-0.25, -0.2) is 9.02 Å². The summed E-state index contributed by atoms with van der Waals surface area (Å²) in [5.41, 5.74) is 0.646. The highest BCUT2D eigenvalue weighted by atomic mass is 35.5. The number of aliphatic imine (C=N–C) groups is 1. The molecule has 0 saturated heterocycles. The van der Waals surface area contributed by atoms with Gasteiger partial charge in [-0.05, 0) is 28.0 Å². The highest BCUT2D eigenvalue weighted by Crippen LogP contribution is 2.20. The van der Waals surface area contributed by atoms with Gasteiger partial charge in [0.2, 0.25) is 5.91 Å². The van der Waals surface area contributed by atoms with Crippen LogP contribution in [0.15, 0.2) is 33.0 Å². The Kier molecular flexibility index (Phi) is 6.34. The number of hydrogen-bond donors (Lipinski definition) is 3. The summed E-state index contributed by atoms with van der Waals surface area (Å²) in [5, 5.41) is 24.4. The summed E-state index contributed by atoms with van der Waals surface area (Å²) in [6.07, 6.45) is 0.0529. The van der Waals surface area contributed by atoms with Crippen molar-refractivity contribution in [2.24, 2.45) is 10.1 Å². The molecule has 29 heavy (non-hydrogen) atoms. The molecule has 0 radical (unpaired) electrons. The summed E-state index contributed by atoms with van der Waals surface area (Å²) in [6, 6.07) is 4.04. The van der Waals surface area contributed by atoms with Crippen LogP contribution in [0.2, 0.25) is 5.02 Å². The molecule has 0 saturated carbocycles. The van der Waals surface area contributed by atoms with Crippen molar-refractivity contribution in [2.45, 2.75) is 6.42 Å². The smallest absolute Gasteiger partial charge is 0.286 e. The van der Waals surface area contributed by atoms with Crippen molar-refractivity contribution in [3.8, 4) is 5.88 Å². The van der Waals surface area contributed by atoms with Crippen LogP contribution >= 0.6 is 11.6 Å². The largest absolute Gasteiger partial charge is 0.472 e. The molecule has 0 fully saturated rings. The van der Waals surface area contributed by atoms with Crippen molar-refractivity contribution in [1.82, 2.24) is 20.9 Å². The van der Waals surface area contributed by atoms with Crippen LogP contribution < -0.4 is 15.4 Å². The van der Waals surface area contributed by atoms with E-state index in [-0.39, 0.29) is 60.2 Å². The van der Waals surface area contributed by atoms with Crippen molar-refractivity contribution in [3.63, 3.8) is 0 Å². The number of amides is 2. The number of carbonyl (C=O) groups is 2. The first-order chi connectivity index (χ1) is 14.0. The normalized spacial score (nSPS) is 13.8. The number of ether oxygens (including phenoxy) is 1. The van der Waals surface area contributed by atoms with Gasteiger partial charge < -0.3 is 20.6 Å². The minimum atomic E-state index is -0.574. The van der Waals surface area contributed by atoms with Crippen LogP contribution in [0.5, 0.6) is 5.88 Å². The fraction of sp³-hybridized carbons (Fsp3) is 0.250. The summed E-state index contributed by atoms with van der Waals surface area (Å²) in [6.45, 7) is -0.0375. The van der Waals surface area contributed by atoms with Crippen LogP contribution in [0.25, 0.3) is 0 Å². The molecule has 3 rings (SSSR count). The monoisotopic (exact) mass is 424 g/mol. The third-order valence-corrected chi connectivity index (χ3v) is 3.98. The summed E-state index contributed by atoms with van der Waals surface area (Å²) in [4.78, 5) is 26.5. The van der Waals surface area contributed by atoms with Gasteiger partial charge in [0, 0.05) is 6.42 Å². The Morgan fingerprint density at radius 3 is 2.97 bits per heavy atom. The number of rotatable bonds is 8. The topological polar surface area (TPSA) is 151 Å². The van der Waals surface area contributed by atoms with Crippen molar-refractivity contribution in [1.29, 1.82) is 0 Å². The van der Waals surface area contributed by atoms with Gasteiger partial charge in [-0.1, -0.05) is 22.8 Å². The average Bonchev–Trinajstić information content (AvgIpc) is 3.35. The lowest BCUT2D eigenvalue weighted by Gasteiger charge is -2.07. The molecule has 13 heteroatoms. The molecule has 1 aromatic heterocycles. The maximum atomic E-state index is 13.3. The maximum absolute atomic E-state index is 13.3. The number of halogens is 2. The lowest BCUT2D eigenvalue weighted by Crippen LogP contribution is -2.40. The quantitative estimate of drug-likeness (QED) is 0.238. The number of carbonyl (C=O) groups excluding carboxylic acids is 2. The Bertz CT molecular complexity index is 992. The fourth-order valence-corrected chi connectivity index (χ4v) is 2.55. The number of nitrogens with one attached hydrogen (secondary N) is 2. The molecule has 152 valence electrons. The lowest BCUT2D eigenvalue weighted by atomic mass is 10.1. The molecule has 1 aliphatic heterocycles. The van der Waals surface area contributed by atoms with Gasteiger partial charge in [0.25, 0.3) is 11.8 Å². The molecule has 2 amide bonds. The molecule has 2 aromatic rings. The van der Waals surface area contributed by atoms with Gasteiger partial charge in [-0.3, -0.25) is 14.6 Å². The van der Waals surface area contributed by atoms with E-state index in [1.807, 2.05) is 0 Å². The Labute approximate surface area is 167 Å². The van der Waals surface area contributed by atoms with Crippen LogP contribution in [0.1, 0.15) is 11.3 Å². The van der Waals surface area contributed by atoms with Crippen molar-refractivity contribution < 1.29 is 28.6 Å². The van der Waals surface area contributed by atoms with Crippen molar-refractivity contribution in [3.05, 3.63) is 40.3 Å². The second-order valence-corrected chi connectivity index (χ2v) is 6.11. The van der Waals surface area contributed by atoms with E-state index in [0.717, 1.165) is 0 Å². The first-order valence-electron chi connectivity index (χ1n) is 8.21. The van der Waals surface area contributed by atoms with E-state index in [4.69, 9.17) is 16.3 Å². The fourth-order valence-electron chi connectivity index (χ4n) is 2.35. The molecule has 0 unspecified atom stereocenters. The molecule has 2 heterocycles. The van der Waals surface area contributed by atoms with E-state index in [1.54, 1.807) is 0 Å². The highest BCUT2D eigenvalue weighted by Gasteiger charge is 2.21. The standard InChI is InChI=1S/C16H14ClFN6O5/c17-9-5-8(1-2-10(9)18)6-11(22-27)13-16(24-29-23-13)28-4-3-19-15(26)14-20-7-12(25)21-14/h1-2,5,27H,3-4,6-7H2,(H,19,26)(H,20,21,25). The Hall–Kier alpha value is -3.54. The molecule has 0 bridgehead atoms. The first kappa shape index (κ1) is 20.2. The average molecular weight is 425 g/mol. The second kappa shape index (κ2) is 9.10. The van der Waals surface area contributed by atoms with Crippen LogP contribution in [-0.2, 0) is 16.0 Å². The number of amidine groups is 1. The lowest BCUT2D eigenvalue weighted by molar-refractivity contribution is -0.119. The predicted molar refractivity (Wildman–Crippen MR) is 96.7 cm³/mol. The van der Waals surface area contributed by atoms with Gasteiger partial charge in [-0.2, -0.15) is 0 Å². The van der Waals surface area contributed by atoms with Crippen LogP contribution in [-0.4, -0.2) is 58.6 Å². The van der Waals surface area contributed by atoms with Gasteiger partial charge in [-0.15, -0.1) is 0 Å². The Morgan fingerprint density at radius 2 is 2.28 bits per heavy atom. The maximum Gasteiger partial charge on any atom is 0.286 e. The minimum Gasteiger partial charge on any atom is -0.472 e. The number of oxime groups is 1. The molecule has 0 spiro atoms. The van der Waals surface area contributed by atoms with E-state index < -0.39 is 11.7 Å². The zero-order valence-corrected chi connectivity index (χ0v) is 15.4. The number of hydrogen-bond acceptors (Lipinski definition) is 9. The molecule has 11 nitrogen and oxygen atoms in total. The summed E-state index contributed by atoms with van der Waals surface area (Å²) in [5.74, 6) is -1.61. The molecular weight excluding hydrogens is 411 g/mol. The van der Waals surface area contributed by atoms with Gasteiger partial charge in [0.05, 0.1) is 11.6 Å². The van der Waals surface area contributed by atoms with Crippen LogP contribution in [0.4, 0.5) is 4.39 Å². The predicted octanol–water partition coefficient (Wildman–Crippen LogP) is 0.306. The third-order valence-electron chi connectivity index (χ3n) is 3.69. The van der Waals surface area contributed by atoms with E-state index in [0.29, 0.717) is 5.56 Å². The highest BCUT2D eigenvalue weighted by molar-refractivity contribution is 6.42. The zero-order chi connectivity index (χ0) is 20.8. The molecule has 0 atom stereocenters. The molecular formula is C16H14ClFN6O5. The molecule has 1 aliphatic rings. The van der Waals surface area contributed by atoms with Crippen LogP contribution in [0.3, 0.4) is 0 Å². The Morgan fingerprint density at radius 1 is 1.45 bits per heavy atom. The summed E-state index contributed by atoms with van der Waals surface area (Å²) < 4.78 is 23.3. The second-order valence-electron chi connectivity index (χ2n) is 5.71. The minimum absolute atomic E-state index is 0.0186.